The van der Waals surface area contributed by atoms with Gasteiger partial charge in [0.25, 0.3) is 11.2 Å². The summed E-state index contributed by atoms with van der Waals surface area (Å²) < 4.78 is 18.7. The number of furan rings is 1. The van der Waals surface area contributed by atoms with Gasteiger partial charge in [-0.1, -0.05) is 41.7 Å². The van der Waals surface area contributed by atoms with Gasteiger partial charge in [0.1, 0.15) is 23.3 Å². The van der Waals surface area contributed by atoms with Gasteiger partial charge in [0.2, 0.25) is 0 Å². The molecule has 204 valence electrons. The van der Waals surface area contributed by atoms with Crippen LogP contribution in [0.15, 0.2) is 80.1 Å². The van der Waals surface area contributed by atoms with E-state index in [2.05, 4.69) is 4.99 Å². The van der Waals surface area contributed by atoms with E-state index < -0.39 is 16.9 Å². The molecule has 0 bridgehead atoms. The molecule has 0 fully saturated rings. The first kappa shape index (κ1) is 26.8. The molecule has 0 aliphatic carbocycles. The monoisotopic (exact) mass is 559 g/mol. The highest BCUT2D eigenvalue weighted by Gasteiger charge is 2.35. The highest BCUT2D eigenvalue weighted by Crippen LogP contribution is 2.35. The van der Waals surface area contributed by atoms with Crippen LogP contribution in [-0.4, -0.2) is 29.2 Å². The number of rotatable bonds is 7. The van der Waals surface area contributed by atoms with E-state index in [1.54, 1.807) is 63.2 Å². The number of carbonyl (C=O) groups is 1. The van der Waals surface area contributed by atoms with Crippen molar-refractivity contribution in [3.05, 3.63) is 113 Å². The number of ether oxygens (including phenoxy) is 2. The molecule has 5 rings (SSSR count). The molecule has 1 unspecified atom stereocenters. The predicted octanol–water partition coefficient (Wildman–Crippen LogP) is 4.28. The summed E-state index contributed by atoms with van der Waals surface area (Å²) in [5.74, 6) is 0.770. The maximum atomic E-state index is 13.8. The number of fused-ring (bicyclic) bond motifs is 1. The lowest BCUT2D eigenvalue weighted by Gasteiger charge is -2.25. The zero-order valence-corrected chi connectivity index (χ0v) is 23.0. The third-order valence-corrected chi connectivity index (χ3v) is 7.52. The highest BCUT2D eigenvalue weighted by atomic mass is 32.1. The molecule has 0 saturated heterocycles. The fourth-order valence-electron chi connectivity index (χ4n) is 4.65. The SMILES string of the molecule is CCOC(=O)C1=C(C)N=c2s/c(=C/c3ccc(-c4ccc(C)c([N+](=O)[O-])c4)o3)c(=O)n2C1c1ccccc1OC. The van der Waals surface area contributed by atoms with E-state index in [0.717, 1.165) is 11.3 Å². The van der Waals surface area contributed by atoms with Gasteiger partial charge in [0.05, 0.1) is 34.4 Å². The van der Waals surface area contributed by atoms with Crippen LogP contribution in [0, 0.1) is 17.0 Å². The van der Waals surface area contributed by atoms with Crippen LogP contribution in [0.3, 0.4) is 0 Å². The maximum absolute atomic E-state index is 13.8. The summed E-state index contributed by atoms with van der Waals surface area (Å²) in [6.45, 7) is 5.27. The van der Waals surface area contributed by atoms with Crippen LogP contribution < -0.4 is 19.6 Å². The summed E-state index contributed by atoms with van der Waals surface area (Å²) in [5.41, 5.74) is 2.05. The number of hydrogen-bond acceptors (Lipinski definition) is 9. The fraction of sp³-hybridized carbons (Fsp3) is 0.207. The number of methoxy groups -OCH3 is 1. The van der Waals surface area contributed by atoms with Crippen molar-refractivity contribution < 1.29 is 23.6 Å². The van der Waals surface area contributed by atoms with Gasteiger partial charge in [-0.2, -0.15) is 0 Å². The topological polar surface area (TPSA) is 126 Å². The van der Waals surface area contributed by atoms with E-state index in [4.69, 9.17) is 13.9 Å². The summed E-state index contributed by atoms with van der Waals surface area (Å²) >= 11 is 1.16. The largest absolute Gasteiger partial charge is 0.496 e. The Labute approximate surface area is 232 Å². The fourth-order valence-corrected chi connectivity index (χ4v) is 5.68. The number of nitrogens with zero attached hydrogens (tertiary/aromatic N) is 3. The molecule has 3 heterocycles. The molecular formula is C29H25N3O7S. The van der Waals surface area contributed by atoms with Gasteiger partial charge in [0, 0.05) is 28.8 Å². The van der Waals surface area contributed by atoms with Crippen molar-refractivity contribution in [2.75, 3.05) is 13.7 Å². The van der Waals surface area contributed by atoms with Crippen molar-refractivity contribution in [1.29, 1.82) is 0 Å². The third kappa shape index (κ3) is 4.75. The number of thiazole rings is 1. The average molecular weight is 560 g/mol. The second-order valence-corrected chi connectivity index (χ2v) is 10.0. The average Bonchev–Trinajstić information content (AvgIpc) is 3.52. The quantitative estimate of drug-likeness (QED) is 0.188. The normalized spacial score (nSPS) is 15.0. The van der Waals surface area contributed by atoms with Gasteiger partial charge >= 0.3 is 5.97 Å². The summed E-state index contributed by atoms with van der Waals surface area (Å²) in [5, 5.41) is 11.4. The lowest BCUT2D eigenvalue weighted by molar-refractivity contribution is -0.385. The van der Waals surface area contributed by atoms with Gasteiger partial charge in [-0.15, -0.1) is 0 Å². The molecule has 1 aliphatic rings. The van der Waals surface area contributed by atoms with Gasteiger partial charge in [0.15, 0.2) is 4.80 Å². The molecule has 40 heavy (non-hydrogen) atoms. The van der Waals surface area contributed by atoms with E-state index in [1.165, 1.54) is 17.7 Å². The molecule has 10 nitrogen and oxygen atoms in total. The molecule has 2 aromatic carbocycles. The molecule has 0 saturated carbocycles. The number of allylic oxidation sites excluding steroid dienone is 1. The van der Waals surface area contributed by atoms with Crippen molar-refractivity contribution in [3.8, 4) is 17.1 Å². The number of carbonyl (C=O) groups excluding carboxylic acids is 1. The van der Waals surface area contributed by atoms with E-state index in [1.807, 2.05) is 12.1 Å². The molecule has 11 heteroatoms. The first-order chi connectivity index (χ1) is 19.2. The number of aryl methyl sites for hydroxylation is 1. The number of nitro groups is 1. The van der Waals surface area contributed by atoms with Crippen LogP contribution in [-0.2, 0) is 9.53 Å². The molecule has 0 N–H and O–H groups in total. The van der Waals surface area contributed by atoms with Crippen LogP contribution in [0.4, 0.5) is 5.69 Å². The smallest absolute Gasteiger partial charge is 0.338 e. The number of benzene rings is 2. The van der Waals surface area contributed by atoms with Crippen LogP contribution in [0.2, 0.25) is 0 Å². The standard InChI is InChI=1S/C29H25N3O7S/c1-5-38-28(34)25-17(3)30-29-31(26(25)20-8-6-7-9-23(20)37-4)27(33)24(40-29)15-19-12-13-22(39-19)18-11-10-16(2)21(14-18)32(35)36/h6-15,26H,5H2,1-4H3/b24-15+. The Kier molecular flexibility index (Phi) is 7.22. The van der Waals surface area contributed by atoms with Crippen LogP contribution in [0.5, 0.6) is 5.75 Å². The second kappa shape index (κ2) is 10.8. The van der Waals surface area contributed by atoms with Gasteiger partial charge in [-0.05, 0) is 39.0 Å². The molecule has 1 aliphatic heterocycles. The summed E-state index contributed by atoms with van der Waals surface area (Å²) in [6.07, 6.45) is 1.60. The zero-order valence-electron chi connectivity index (χ0n) is 22.2. The predicted molar refractivity (Wildman–Crippen MR) is 149 cm³/mol. The Hall–Kier alpha value is -4.77. The van der Waals surface area contributed by atoms with Gasteiger partial charge < -0.3 is 13.9 Å². The Morgan fingerprint density at radius 3 is 2.70 bits per heavy atom. The summed E-state index contributed by atoms with van der Waals surface area (Å²) in [4.78, 5) is 42.8. The van der Waals surface area contributed by atoms with Crippen molar-refractivity contribution in [3.63, 3.8) is 0 Å². The first-order valence-electron chi connectivity index (χ1n) is 12.4. The minimum absolute atomic E-state index is 0.00660. The van der Waals surface area contributed by atoms with Crippen molar-refractivity contribution in [2.45, 2.75) is 26.8 Å². The molecule has 0 radical (unpaired) electrons. The number of nitro benzene ring substituents is 1. The number of aromatic nitrogens is 1. The Bertz CT molecular complexity index is 1860. The van der Waals surface area contributed by atoms with E-state index in [9.17, 15) is 19.7 Å². The summed E-state index contributed by atoms with van der Waals surface area (Å²) in [7, 11) is 1.53. The number of para-hydroxylation sites is 1. The van der Waals surface area contributed by atoms with Crippen molar-refractivity contribution in [2.24, 2.45) is 4.99 Å². The number of esters is 1. The lowest BCUT2D eigenvalue weighted by atomic mass is 9.95. The lowest BCUT2D eigenvalue weighted by Crippen LogP contribution is -2.40. The Morgan fingerprint density at radius 2 is 1.98 bits per heavy atom. The zero-order chi connectivity index (χ0) is 28.6. The van der Waals surface area contributed by atoms with E-state index >= 15 is 0 Å². The maximum Gasteiger partial charge on any atom is 0.338 e. The van der Waals surface area contributed by atoms with Crippen LogP contribution in [0.25, 0.3) is 17.4 Å². The van der Waals surface area contributed by atoms with E-state index in [0.29, 0.717) is 49.0 Å². The molecule has 2 aromatic heterocycles. The Balaban J connectivity index is 1.64. The molecule has 1 atom stereocenters. The molecule has 0 spiro atoms. The van der Waals surface area contributed by atoms with Crippen molar-refractivity contribution in [1.82, 2.24) is 4.57 Å². The van der Waals surface area contributed by atoms with Gasteiger partial charge in [-0.3, -0.25) is 19.5 Å². The molecule has 4 aromatic rings. The highest BCUT2D eigenvalue weighted by molar-refractivity contribution is 7.07. The third-order valence-electron chi connectivity index (χ3n) is 6.54. The second-order valence-electron chi connectivity index (χ2n) is 9.00. The van der Waals surface area contributed by atoms with Crippen molar-refractivity contribution >= 4 is 29.1 Å². The van der Waals surface area contributed by atoms with Crippen LogP contribution >= 0.6 is 11.3 Å². The van der Waals surface area contributed by atoms with Crippen LogP contribution in [0.1, 0.15) is 36.8 Å². The minimum Gasteiger partial charge on any atom is -0.496 e. The minimum atomic E-state index is -0.811. The molecule has 0 amide bonds. The van der Waals surface area contributed by atoms with Gasteiger partial charge in [-0.25, -0.2) is 9.79 Å². The first-order valence-corrected chi connectivity index (χ1v) is 13.2. The Morgan fingerprint density at radius 1 is 1.20 bits per heavy atom. The number of hydrogen-bond donors (Lipinski definition) is 0. The summed E-state index contributed by atoms with van der Waals surface area (Å²) in [6, 6.07) is 14.6. The molecular weight excluding hydrogens is 534 g/mol. The van der Waals surface area contributed by atoms with E-state index in [-0.39, 0.29) is 23.4 Å².